The van der Waals surface area contributed by atoms with E-state index in [0.717, 1.165) is 11.0 Å². The van der Waals surface area contributed by atoms with E-state index >= 15 is 0 Å². The Balaban J connectivity index is 2.37. The van der Waals surface area contributed by atoms with Crippen LogP contribution in [0.25, 0.3) is 27.0 Å². The topological polar surface area (TPSA) is 75.2 Å². The Morgan fingerprint density at radius 2 is 2.10 bits per heavy atom. The minimum absolute atomic E-state index is 0.127. The number of hydrogen-bond donors (Lipinski definition) is 0. The predicted molar refractivity (Wildman–Crippen MR) is 78.2 cm³/mol. The smallest absolute Gasteiger partial charge is 0.275 e. The summed E-state index contributed by atoms with van der Waals surface area (Å²) in [5, 5.41) is 4.04. The largest absolute Gasteiger partial charge is 0.310 e. The molecule has 0 saturated heterocycles. The van der Waals surface area contributed by atoms with Crippen molar-refractivity contribution in [3.8, 4) is 0 Å². The zero-order valence-corrected chi connectivity index (χ0v) is 11.2. The summed E-state index contributed by atoms with van der Waals surface area (Å²) in [6.07, 6.45) is 1.84. The van der Waals surface area contributed by atoms with Crippen molar-refractivity contribution in [1.82, 2.24) is 8.97 Å². The number of benzene rings is 1. The molecule has 0 spiro atoms. The minimum atomic E-state index is -0.127. The van der Waals surface area contributed by atoms with E-state index in [4.69, 9.17) is 17.1 Å². The fourth-order valence-electron chi connectivity index (χ4n) is 2.34. The second kappa shape index (κ2) is 4.92. The van der Waals surface area contributed by atoms with Gasteiger partial charge in [-0.2, -0.15) is 0 Å². The molecule has 0 bridgehead atoms. The van der Waals surface area contributed by atoms with Gasteiger partial charge >= 0.3 is 0 Å². The maximum Gasteiger partial charge on any atom is 0.275 e. The summed E-state index contributed by atoms with van der Waals surface area (Å²) in [5.74, 6) is 0. The van der Waals surface area contributed by atoms with Gasteiger partial charge in [-0.25, -0.2) is 0 Å². The molecule has 0 unspecified atom stereocenters. The van der Waals surface area contributed by atoms with Crippen molar-refractivity contribution in [1.29, 1.82) is 0 Å². The molecular formula is C13H10ClN5O. The van der Waals surface area contributed by atoms with E-state index < -0.39 is 0 Å². The number of azide groups is 1. The number of fused-ring (bicyclic) bond motifs is 3. The molecule has 3 aromatic rings. The molecule has 0 aliphatic rings. The van der Waals surface area contributed by atoms with Crippen molar-refractivity contribution in [2.24, 2.45) is 5.11 Å². The first-order valence-electron chi connectivity index (χ1n) is 6.02. The Hall–Kier alpha value is -2.43. The van der Waals surface area contributed by atoms with Crippen LogP contribution in [0, 0.1) is 0 Å². The van der Waals surface area contributed by atoms with Crippen molar-refractivity contribution in [2.45, 2.75) is 6.54 Å². The van der Waals surface area contributed by atoms with Gasteiger partial charge in [0.25, 0.3) is 5.56 Å². The Morgan fingerprint density at radius 3 is 2.90 bits per heavy atom. The lowest BCUT2D eigenvalue weighted by Crippen LogP contribution is -2.23. The third-order valence-electron chi connectivity index (χ3n) is 3.19. The molecule has 0 saturated carbocycles. The summed E-state index contributed by atoms with van der Waals surface area (Å²) in [6.45, 7) is 0.538. The maximum atomic E-state index is 12.5. The zero-order chi connectivity index (χ0) is 14.1. The van der Waals surface area contributed by atoms with Crippen molar-refractivity contribution in [3.05, 3.63) is 62.3 Å². The predicted octanol–water partition coefficient (Wildman–Crippen LogP) is 3.22. The van der Waals surface area contributed by atoms with Crippen LogP contribution in [-0.4, -0.2) is 15.5 Å². The van der Waals surface area contributed by atoms with Gasteiger partial charge in [-0.1, -0.05) is 16.7 Å². The van der Waals surface area contributed by atoms with Crippen LogP contribution >= 0.6 is 11.6 Å². The maximum absolute atomic E-state index is 12.5. The van der Waals surface area contributed by atoms with Crippen LogP contribution in [0.4, 0.5) is 0 Å². The number of rotatable bonds is 3. The average Bonchev–Trinajstić information content (AvgIpc) is 2.92. The quantitative estimate of drug-likeness (QED) is 0.414. The Kier molecular flexibility index (Phi) is 3.10. The second-order valence-corrected chi connectivity index (χ2v) is 4.74. The van der Waals surface area contributed by atoms with Crippen molar-refractivity contribution in [2.75, 3.05) is 6.54 Å². The lowest BCUT2D eigenvalue weighted by atomic mass is 10.2. The lowest BCUT2D eigenvalue weighted by Gasteiger charge is -2.11. The summed E-state index contributed by atoms with van der Waals surface area (Å²) in [6, 6.07) is 8.98. The highest BCUT2D eigenvalue weighted by molar-refractivity contribution is 6.31. The van der Waals surface area contributed by atoms with E-state index in [9.17, 15) is 4.79 Å². The van der Waals surface area contributed by atoms with Gasteiger partial charge in [-0.15, -0.1) is 0 Å². The first-order valence-corrected chi connectivity index (χ1v) is 6.40. The molecule has 0 aliphatic heterocycles. The van der Waals surface area contributed by atoms with Gasteiger partial charge in [0.1, 0.15) is 5.52 Å². The van der Waals surface area contributed by atoms with Crippen LogP contribution in [0.1, 0.15) is 0 Å². The van der Waals surface area contributed by atoms with Crippen LogP contribution in [0.3, 0.4) is 0 Å². The molecule has 0 N–H and O–H groups in total. The Morgan fingerprint density at radius 1 is 1.25 bits per heavy atom. The Bertz CT molecular complexity index is 904. The van der Waals surface area contributed by atoms with Crippen molar-refractivity contribution >= 4 is 28.2 Å². The van der Waals surface area contributed by atoms with Gasteiger partial charge in [0.05, 0.1) is 11.0 Å². The van der Waals surface area contributed by atoms with Crippen molar-refractivity contribution < 1.29 is 0 Å². The summed E-state index contributed by atoms with van der Waals surface area (Å²) in [5.41, 5.74) is 10.4. The van der Waals surface area contributed by atoms with E-state index in [1.54, 1.807) is 22.8 Å². The van der Waals surface area contributed by atoms with Crippen molar-refractivity contribution in [3.63, 3.8) is 0 Å². The van der Waals surface area contributed by atoms with E-state index in [0.29, 0.717) is 17.1 Å². The van der Waals surface area contributed by atoms with Crippen LogP contribution in [0.2, 0.25) is 5.02 Å². The van der Waals surface area contributed by atoms with E-state index in [1.807, 2.05) is 22.7 Å². The molecule has 7 heteroatoms. The molecule has 0 atom stereocenters. The number of hydrogen-bond acceptors (Lipinski definition) is 2. The molecule has 1 aromatic carbocycles. The first-order chi connectivity index (χ1) is 9.72. The van der Waals surface area contributed by atoms with Gasteiger partial charge in [-0.05, 0) is 35.9 Å². The summed E-state index contributed by atoms with van der Waals surface area (Å²) in [4.78, 5) is 15.2. The highest BCUT2D eigenvalue weighted by Crippen LogP contribution is 2.19. The summed E-state index contributed by atoms with van der Waals surface area (Å²) >= 11 is 6.02. The fraction of sp³-hybridized carbons (Fsp3) is 0.154. The molecule has 0 radical (unpaired) electrons. The normalized spacial score (nSPS) is 10.8. The molecule has 2 heterocycles. The Labute approximate surface area is 118 Å². The van der Waals surface area contributed by atoms with Gasteiger partial charge in [0, 0.05) is 29.2 Å². The SMILES string of the molecule is [N-]=[N+]=NCCn1c(=O)c2cccn2c2ccc(Cl)cc21. The second-order valence-electron chi connectivity index (χ2n) is 4.31. The average molecular weight is 288 g/mol. The van der Waals surface area contributed by atoms with Crippen LogP contribution in [-0.2, 0) is 6.54 Å². The molecular weight excluding hydrogens is 278 g/mol. The van der Waals surface area contributed by atoms with Gasteiger partial charge in [0.15, 0.2) is 0 Å². The van der Waals surface area contributed by atoms with E-state index in [2.05, 4.69) is 10.0 Å². The van der Waals surface area contributed by atoms with Gasteiger partial charge in [0.2, 0.25) is 0 Å². The van der Waals surface area contributed by atoms with E-state index in [-0.39, 0.29) is 12.1 Å². The minimum Gasteiger partial charge on any atom is -0.310 e. The number of nitrogens with zero attached hydrogens (tertiary/aromatic N) is 5. The zero-order valence-electron chi connectivity index (χ0n) is 10.4. The third-order valence-corrected chi connectivity index (χ3v) is 3.42. The van der Waals surface area contributed by atoms with Crippen LogP contribution in [0.15, 0.2) is 46.4 Å². The molecule has 0 amide bonds. The van der Waals surface area contributed by atoms with Crippen LogP contribution < -0.4 is 5.56 Å². The monoisotopic (exact) mass is 287 g/mol. The molecule has 100 valence electrons. The molecule has 6 nitrogen and oxygen atoms in total. The van der Waals surface area contributed by atoms with Gasteiger partial charge < -0.3 is 8.97 Å². The fourth-order valence-corrected chi connectivity index (χ4v) is 2.51. The molecule has 0 fully saturated rings. The highest BCUT2D eigenvalue weighted by atomic mass is 35.5. The molecule has 0 aliphatic carbocycles. The molecule has 20 heavy (non-hydrogen) atoms. The number of aromatic nitrogens is 2. The van der Waals surface area contributed by atoms with E-state index in [1.165, 1.54) is 0 Å². The highest BCUT2D eigenvalue weighted by Gasteiger charge is 2.10. The van der Waals surface area contributed by atoms with Crippen LogP contribution in [0.5, 0.6) is 0 Å². The standard InChI is InChI=1S/C13H10ClN5O/c14-9-3-4-10-12(8-9)19(7-5-16-17-15)13(20)11-2-1-6-18(10)11/h1-4,6,8H,5,7H2. The summed E-state index contributed by atoms with van der Waals surface area (Å²) < 4.78 is 3.42. The first kappa shape index (κ1) is 12.6. The lowest BCUT2D eigenvalue weighted by molar-refractivity contribution is 0.704. The third kappa shape index (κ3) is 1.91. The molecule has 2 aromatic heterocycles. The molecule has 3 rings (SSSR count). The summed E-state index contributed by atoms with van der Waals surface area (Å²) in [7, 11) is 0. The van der Waals surface area contributed by atoms with Gasteiger partial charge in [-0.3, -0.25) is 4.79 Å². The number of halogens is 1.